The molecule has 38 heavy (non-hydrogen) atoms. The van der Waals surface area contributed by atoms with E-state index < -0.39 is 5.60 Å². The van der Waals surface area contributed by atoms with Crippen LogP contribution in [0.25, 0.3) is 0 Å². The van der Waals surface area contributed by atoms with Crippen LogP contribution >= 0.6 is 0 Å². The normalized spacial score (nSPS) is 18.7. The van der Waals surface area contributed by atoms with Gasteiger partial charge >= 0.3 is 5.49 Å². The van der Waals surface area contributed by atoms with Crippen LogP contribution in [0, 0.1) is 18.5 Å². The first-order valence-corrected chi connectivity index (χ1v) is 12.6. The highest BCUT2D eigenvalue weighted by molar-refractivity contribution is 6.04. The zero-order chi connectivity index (χ0) is 26.6. The molecule has 1 saturated heterocycles. The maximum absolute atomic E-state index is 14.6. The Kier molecular flexibility index (Phi) is 5.84. The summed E-state index contributed by atoms with van der Waals surface area (Å²) in [5.74, 6) is 0.0108. The van der Waals surface area contributed by atoms with Crippen molar-refractivity contribution in [3.05, 3.63) is 76.2 Å². The molecule has 0 aliphatic carbocycles. The zero-order valence-corrected chi connectivity index (χ0v) is 21.5. The van der Waals surface area contributed by atoms with Gasteiger partial charge in [-0.1, -0.05) is 4.99 Å². The molecule has 1 atom stereocenters. The highest BCUT2D eigenvalue weighted by Gasteiger charge is 2.34. The largest absolute Gasteiger partial charge is 0.388 e. The Hall–Kier alpha value is -3.96. The molecular weight excluding hydrogens is 489 g/mol. The van der Waals surface area contributed by atoms with E-state index in [0.717, 1.165) is 17.0 Å². The second kappa shape index (κ2) is 9.10. The number of hydrogen-bond acceptors (Lipinski definition) is 8. The summed E-state index contributed by atoms with van der Waals surface area (Å²) < 4.78 is 22.0. The molecule has 0 bridgehead atoms. The number of rotatable bonds is 5. The van der Waals surface area contributed by atoms with E-state index >= 15 is 0 Å². The first kappa shape index (κ1) is 24.4. The van der Waals surface area contributed by atoms with Gasteiger partial charge in [-0.05, 0) is 44.5 Å². The number of halogens is 1. The molecule has 1 fully saturated rings. The number of carbonyl (C=O) groups is 1. The van der Waals surface area contributed by atoms with E-state index in [9.17, 15) is 14.3 Å². The number of aliphatic hydroxyl groups is 1. The molecule has 0 unspecified atom stereocenters. The third-order valence-corrected chi connectivity index (χ3v) is 7.25. The van der Waals surface area contributed by atoms with Gasteiger partial charge in [0.15, 0.2) is 12.3 Å². The quantitative estimate of drug-likeness (QED) is 0.435. The van der Waals surface area contributed by atoms with E-state index in [1.54, 1.807) is 49.7 Å². The molecule has 3 aromatic rings. The number of ether oxygens (including phenoxy) is 1. The van der Waals surface area contributed by atoms with Gasteiger partial charge in [-0.15, -0.1) is 0 Å². The SMILES string of the molecule is Cc1cc[n+]2c(c1F)=NCC=2c1ncc(Nc2ccc(N3CCO[C@@H](C(C)(C)O)C3)cn2)c2c1CNC2=O. The molecule has 3 N–H and O–H groups in total. The number of amides is 1. The fourth-order valence-corrected chi connectivity index (χ4v) is 5.07. The smallest absolute Gasteiger partial charge is 0.359 e. The van der Waals surface area contributed by atoms with Crippen LogP contribution in [0.3, 0.4) is 0 Å². The highest BCUT2D eigenvalue weighted by Crippen LogP contribution is 2.30. The van der Waals surface area contributed by atoms with Gasteiger partial charge < -0.3 is 25.4 Å². The van der Waals surface area contributed by atoms with Crippen LogP contribution in [0.15, 0.2) is 41.8 Å². The van der Waals surface area contributed by atoms with E-state index in [0.29, 0.717) is 54.6 Å². The Morgan fingerprint density at radius 2 is 2.11 bits per heavy atom. The molecule has 196 valence electrons. The summed E-state index contributed by atoms with van der Waals surface area (Å²) >= 11 is 0. The van der Waals surface area contributed by atoms with Crippen molar-refractivity contribution in [3.8, 4) is 0 Å². The molecular formula is C27H29FN7O3+. The molecule has 6 heterocycles. The topological polar surface area (TPSA) is 118 Å². The Morgan fingerprint density at radius 3 is 2.87 bits per heavy atom. The molecule has 1 amide bonds. The van der Waals surface area contributed by atoms with E-state index in [4.69, 9.17) is 4.74 Å². The van der Waals surface area contributed by atoms with Gasteiger partial charge in [0.1, 0.15) is 17.6 Å². The van der Waals surface area contributed by atoms with Crippen LogP contribution in [0.1, 0.15) is 41.0 Å². The van der Waals surface area contributed by atoms with Gasteiger partial charge in [0.2, 0.25) is 5.82 Å². The van der Waals surface area contributed by atoms with Gasteiger partial charge in [-0.2, -0.15) is 8.63 Å². The number of pyridine rings is 3. The maximum Gasteiger partial charge on any atom is 0.359 e. The van der Waals surface area contributed by atoms with Crippen molar-refractivity contribution >= 4 is 23.1 Å². The maximum atomic E-state index is 14.6. The van der Waals surface area contributed by atoms with Crippen LogP contribution in [0.5, 0.6) is 0 Å². The lowest BCUT2D eigenvalue weighted by atomic mass is 10.00. The molecule has 3 aromatic heterocycles. The Labute approximate surface area is 218 Å². The summed E-state index contributed by atoms with van der Waals surface area (Å²) in [6.07, 6.45) is 4.86. The number of morpholine rings is 1. The fraction of sp³-hybridized carbons (Fsp3) is 0.370. The van der Waals surface area contributed by atoms with E-state index in [1.807, 2.05) is 12.1 Å². The Balaban J connectivity index is 1.29. The summed E-state index contributed by atoms with van der Waals surface area (Å²) in [7, 11) is 0. The molecule has 0 spiro atoms. The van der Waals surface area contributed by atoms with E-state index in [2.05, 4.69) is 30.5 Å². The second-order valence-electron chi connectivity index (χ2n) is 10.3. The monoisotopic (exact) mass is 518 g/mol. The standard InChI is InChI=1S/C27H28FN7O3/c1-15-6-7-35-19(13-31-25(35)23(15)28)24-17-11-32-26(36)22(17)18(12-30-24)33-21-5-4-16(10-29-21)34-8-9-38-20(14-34)27(2,3)37/h4-7,10,12,20,37H,8-9,11,13-14H2,1-3H3,(H,32,36)/p+1/t20-/m1/s1. The predicted molar refractivity (Wildman–Crippen MR) is 136 cm³/mol. The molecule has 0 aromatic carbocycles. The van der Waals surface area contributed by atoms with Crippen molar-refractivity contribution in [3.63, 3.8) is 0 Å². The second-order valence-corrected chi connectivity index (χ2v) is 10.3. The molecule has 0 saturated carbocycles. The molecule has 11 heteroatoms. The highest BCUT2D eigenvalue weighted by atomic mass is 19.1. The van der Waals surface area contributed by atoms with Gasteiger partial charge in [0.25, 0.3) is 5.91 Å². The minimum absolute atomic E-state index is 0.204. The number of aryl methyl sites for hydroxylation is 1. The number of anilines is 3. The number of fused-ring (bicyclic) bond motifs is 2. The predicted octanol–water partition coefficient (Wildman–Crippen LogP) is 1.24. The minimum atomic E-state index is -0.938. The van der Waals surface area contributed by atoms with Crippen LogP contribution < -0.4 is 25.3 Å². The number of nitrogens with one attached hydrogen (secondary N) is 2. The summed E-state index contributed by atoms with van der Waals surface area (Å²) in [6.45, 7) is 7.59. The average Bonchev–Trinajstić information content (AvgIpc) is 3.51. The number of carbonyl (C=O) groups excluding carboxylic acids is 1. The third-order valence-electron chi connectivity index (χ3n) is 7.25. The molecule has 10 nitrogen and oxygen atoms in total. The first-order chi connectivity index (χ1) is 18.2. The zero-order valence-electron chi connectivity index (χ0n) is 21.5. The fourth-order valence-electron chi connectivity index (χ4n) is 5.07. The van der Waals surface area contributed by atoms with Crippen LogP contribution in [0.4, 0.5) is 21.6 Å². The summed E-state index contributed by atoms with van der Waals surface area (Å²) in [5, 5.41) is 16.4. The van der Waals surface area contributed by atoms with Crippen molar-refractivity contribution in [2.75, 3.05) is 36.5 Å². The number of hydrogen-bond donors (Lipinski definition) is 3. The number of aromatic nitrogens is 3. The molecule has 6 rings (SSSR count). The minimum Gasteiger partial charge on any atom is -0.388 e. The average molecular weight is 519 g/mol. The van der Waals surface area contributed by atoms with Crippen molar-refractivity contribution in [1.82, 2.24) is 15.3 Å². The van der Waals surface area contributed by atoms with Crippen LogP contribution in [-0.2, 0) is 11.3 Å². The summed E-state index contributed by atoms with van der Waals surface area (Å²) in [4.78, 5) is 28.5. The first-order valence-electron chi connectivity index (χ1n) is 12.6. The van der Waals surface area contributed by atoms with Gasteiger partial charge in [-0.25, -0.2) is 4.98 Å². The van der Waals surface area contributed by atoms with Gasteiger partial charge in [0, 0.05) is 25.2 Å². The van der Waals surface area contributed by atoms with E-state index in [1.165, 1.54) is 0 Å². The molecule has 3 aliphatic heterocycles. The lowest BCUT2D eigenvalue weighted by Crippen LogP contribution is -2.52. The van der Waals surface area contributed by atoms with Gasteiger partial charge in [-0.3, -0.25) is 9.78 Å². The lowest BCUT2D eigenvalue weighted by molar-refractivity contribution is -0.535. The van der Waals surface area contributed by atoms with Crippen molar-refractivity contribution in [1.29, 1.82) is 0 Å². The molecule has 0 radical (unpaired) electrons. The van der Waals surface area contributed by atoms with Crippen molar-refractivity contribution < 1.29 is 23.3 Å². The van der Waals surface area contributed by atoms with Crippen LogP contribution in [-0.4, -0.2) is 58.9 Å². The van der Waals surface area contributed by atoms with Crippen molar-refractivity contribution in [2.45, 2.75) is 39.0 Å². The lowest BCUT2D eigenvalue weighted by Gasteiger charge is -2.39. The summed E-state index contributed by atoms with van der Waals surface area (Å²) in [6, 6.07) is 5.50. The van der Waals surface area contributed by atoms with Gasteiger partial charge in [0.05, 0.1) is 47.7 Å². The van der Waals surface area contributed by atoms with Crippen LogP contribution in [0.2, 0.25) is 0 Å². The number of nitrogens with zero attached hydrogens (tertiary/aromatic N) is 5. The van der Waals surface area contributed by atoms with E-state index in [-0.39, 0.29) is 29.9 Å². The Bertz CT molecular complexity index is 1570. The Morgan fingerprint density at radius 1 is 1.26 bits per heavy atom. The molecule has 3 aliphatic rings. The summed E-state index contributed by atoms with van der Waals surface area (Å²) in [5.41, 5.74) is 3.92. The third kappa shape index (κ3) is 4.17. The van der Waals surface area contributed by atoms with Crippen molar-refractivity contribution in [2.24, 2.45) is 4.99 Å².